The lowest BCUT2D eigenvalue weighted by Gasteiger charge is -2.02. The predicted molar refractivity (Wildman–Crippen MR) is 55.6 cm³/mol. The molecule has 0 amide bonds. The van der Waals surface area contributed by atoms with E-state index in [9.17, 15) is 8.42 Å². The summed E-state index contributed by atoms with van der Waals surface area (Å²) in [7, 11) is -1.29. The third kappa shape index (κ3) is 5.45. The molecule has 0 aliphatic heterocycles. The average Bonchev–Trinajstić information content (AvgIpc) is 2.49. The first kappa shape index (κ1) is 12.1. The van der Waals surface area contributed by atoms with E-state index in [0.29, 0.717) is 19.6 Å². The molecule has 1 rings (SSSR count). The van der Waals surface area contributed by atoms with Gasteiger partial charge in [-0.05, 0) is 0 Å². The number of aromatic nitrogens is 3. The molecule has 1 heterocycles. The van der Waals surface area contributed by atoms with Crippen molar-refractivity contribution < 1.29 is 8.42 Å². The summed E-state index contributed by atoms with van der Waals surface area (Å²) >= 11 is 0. The highest BCUT2D eigenvalue weighted by Crippen LogP contribution is 1.88. The zero-order chi connectivity index (χ0) is 11.3. The Hall–Kier alpha value is -0.990. The van der Waals surface area contributed by atoms with Gasteiger partial charge >= 0.3 is 0 Å². The van der Waals surface area contributed by atoms with Crippen molar-refractivity contribution in [2.75, 3.05) is 19.3 Å². The standard InChI is InChI=1S/C7H15N5O2S/c1-12-6-7(10-11-12)5-8-3-4-9-15(2,13)14/h6,8-9H,3-5H2,1-2H3. The number of sulfonamides is 1. The molecule has 0 aliphatic carbocycles. The predicted octanol–water partition coefficient (Wildman–Crippen LogP) is -1.55. The molecule has 1 aromatic heterocycles. The number of rotatable bonds is 6. The molecule has 8 heteroatoms. The number of aryl methyl sites for hydroxylation is 1. The maximum absolute atomic E-state index is 10.7. The lowest BCUT2D eigenvalue weighted by atomic mass is 10.4. The van der Waals surface area contributed by atoms with E-state index in [1.165, 1.54) is 0 Å². The van der Waals surface area contributed by atoms with Crippen molar-refractivity contribution in [3.05, 3.63) is 11.9 Å². The van der Waals surface area contributed by atoms with Crippen molar-refractivity contribution >= 4 is 10.0 Å². The molecule has 7 nitrogen and oxygen atoms in total. The van der Waals surface area contributed by atoms with Gasteiger partial charge in [0.1, 0.15) is 0 Å². The van der Waals surface area contributed by atoms with Crippen LogP contribution in [0, 0.1) is 0 Å². The fraction of sp³-hybridized carbons (Fsp3) is 0.714. The first-order valence-electron chi connectivity index (χ1n) is 4.48. The lowest BCUT2D eigenvalue weighted by molar-refractivity contribution is 0.581. The van der Waals surface area contributed by atoms with E-state index in [4.69, 9.17) is 0 Å². The average molecular weight is 233 g/mol. The zero-order valence-electron chi connectivity index (χ0n) is 8.77. The minimum Gasteiger partial charge on any atom is -0.310 e. The molecule has 0 saturated carbocycles. The lowest BCUT2D eigenvalue weighted by Crippen LogP contribution is -2.30. The van der Waals surface area contributed by atoms with Crippen molar-refractivity contribution in [2.45, 2.75) is 6.54 Å². The van der Waals surface area contributed by atoms with Gasteiger partial charge in [-0.25, -0.2) is 13.1 Å². The van der Waals surface area contributed by atoms with E-state index >= 15 is 0 Å². The largest absolute Gasteiger partial charge is 0.310 e. The van der Waals surface area contributed by atoms with E-state index in [2.05, 4.69) is 20.4 Å². The Morgan fingerprint density at radius 1 is 1.47 bits per heavy atom. The Morgan fingerprint density at radius 2 is 2.20 bits per heavy atom. The van der Waals surface area contributed by atoms with Crippen LogP contribution in [0.4, 0.5) is 0 Å². The summed E-state index contributed by atoms with van der Waals surface area (Å²) in [4.78, 5) is 0. The summed E-state index contributed by atoms with van der Waals surface area (Å²) < 4.78 is 25.4. The van der Waals surface area contributed by atoms with Crippen LogP contribution in [0.15, 0.2) is 6.20 Å². The first-order valence-corrected chi connectivity index (χ1v) is 6.37. The molecule has 0 bridgehead atoms. The van der Waals surface area contributed by atoms with E-state index in [-0.39, 0.29) is 0 Å². The highest BCUT2D eigenvalue weighted by Gasteiger charge is 1.99. The van der Waals surface area contributed by atoms with Gasteiger partial charge in [0.15, 0.2) is 0 Å². The molecule has 0 unspecified atom stereocenters. The molecule has 0 spiro atoms. The number of nitrogens with zero attached hydrogens (tertiary/aromatic N) is 3. The third-order valence-electron chi connectivity index (χ3n) is 1.62. The minimum atomic E-state index is -3.09. The molecular formula is C7H15N5O2S. The van der Waals surface area contributed by atoms with Gasteiger partial charge in [-0.1, -0.05) is 5.21 Å². The molecule has 0 radical (unpaired) electrons. The monoisotopic (exact) mass is 233 g/mol. The van der Waals surface area contributed by atoms with Gasteiger partial charge in [0.05, 0.1) is 11.9 Å². The number of hydrogen-bond donors (Lipinski definition) is 2. The van der Waals surface area contributed by atoms with Crippen molar-refractivity contribution in [3.8, 4) is 0 Å². The maximum atomic E-state index is 10.7. The summed E-state index contributed by atoms with van der Waals surface area (Å²) in [5.74, 6) is 0. The fourth-order valence-electron chi connectivity index (χ4n) is 1.02. The molecule has 0 aromatic carbocycles. The quantitative estimate of drug-likeness (QED) is 0.581. The summed E-state index contributed by atoms with van der Waals surface area (Å²) in [5, 5.41) is 10.7. The van der Waals surface area contributed by atoms with Crippen molar-refractivity contribution in [3.63, 3.8) is 0 Å². The molecule has 0 saturated heterocycles. The first-order chi connectivity index (χ1) is 6.97. The highest BCUT2D eigenvalue weighted by atomic mass is 32.2. The molecule has 2 N–H and O–H groups in total. The van der Waals surface area contributed by atoms with E-state index in [1.54, 1.807) is 17.9 Å². The van der Waals surface area contributed by atoms with Crippen molar-refractivity contribution in [2.24, 2.45) is 7.05 Å². The fourth-order valence-corrected chi connectivity index (χ4v) is 1.49. The SMILES string of the molecule is Cn1cc(CNCCNS(C)(=O)=O)nn1. The second kappa shape index (κ2) is 5.19. The van der Waals surface area contributed by atoms with Crippen LogP contribution in [-0.2, 0) is 23.6 Å². The van der Waals surface area contributed by atoms with E-state index < -0.39 is 10.0 Å². The van der Waals surface area contributed by atoms with Crippen LogP contribution in [0.25, 0.3) is 0 Å². The van der Waals surface area contributed by atoms with Crippen LogP contribution in [0.2, 0.25) is 0 Å². The van der Waals surface area contributed by atoms with Gasteiger partial charge in [-0.15, -0.1) is 5.10 Å². The second-order valence-corrected chi connectivity index (χ2v) is 5.06. The van der Waals surface area contributed by atoms with Gasteiger partial charge in [-0.3, -0.25) is 4.68 Å². The van der Waals surface area contributed by atoms with Crippen LogP contribution >= 0.6 is 0 Å². The summed E-state index contributed by atoms with van der Waals surface area (Å²) in [5.41, 5.74) is 0.830. The molecule has 0 aliphatic rings. The summed E-state index contributed by atoms with van der Waals surface area (Å²) in [6, 6.07) is 0. The van der Waals surface area contributed by atoms with Crippen LogP contribution in [0.1, 0.15) is 5.69 Å². The Balaban J connectivity index is 2.12. The smallest absolute Gasteiger partial charge is 0.208 e. The van der Waals surface area contributed by atoms with Gasteiger partial charge in [0, 0.05) is 32.9 Å². The van der Waals surface area contributed by atoms with Crippen LogP contribution < -0.4 is 10.0 Å². The Kier molecular flexibility index (Phi) is 4.18. The Bertz CT molecular complexity index is 399. The van der Waals surface area contributed by atoms with Crippen LogP contribution in [0.3, 0.4) is 0 Å². The van der Waals surface area contributed by atoms with E-state index in [0.717, 1.165) is 11.9 Å². The molecule has 15 heavy (non-hydrogen) atoms. The van der Waals surface area contributed by atoms with Crippen LogP contribution in [-0.4, -0.2) is 42.8 Å². The molecule has 0 fully saturated rings. The van der Waals surface area contributed by atoms with Crippen molar-refractivity contribution in [1.82, 2.24) is 25.0 Å². The van der Waals surface area contributed by atoms with Gasteiger partial charge < -0.3 is 5.32 Å². The molecule has 0 atom stereocenters. The zero-order valence-corrected chi connectivity index (χ0v) is 9.58. The topological polar surface area (TPSA) is 88.9 Å². The van der Waals surface area contributed by atoms with Gasteiger partial charge in [0.2, 0.25) is 10.0 Å². The summed E-state index contributed by atoms with van der Waals surface area (Å²) in [6.45, 7) is 1.52. The maximum Gasteiger partial charge on any atom is 0.208 e. The molecule has 1 aromatic rings. The van der Waals surface area contributed by atoms with Gasteiger partial charge in [-0.2, -0.15) is 0 Å². The number of hydrogen-bond acceptors (Lipinski definition) is 5. The van der Waals surface area contributed by atoms with E-state index in [1.807, 2.05) is 0 Å². The number of nitrogens with one attached hydrogen (secondary N) is 2. The highest BCUT2D eigenvalue weighted by molar-refractivity contribution is 7.88. The summed E-state index contributed by atoms with van der Waals surface area (Å²) in [6.07, 6.45) is 2.94. The Labute approximate surface area is 88.9 Å². The van der Waals surface area contributed by atoms with Gasteiger partial charge in [0.25, 0.3) is 0 Å². The normalized spacial score (nSPS) is 11.9. The second-order valence-electron chi connectivity index (χ2n) is 3.23. The molecule has 86 valence electrons. The Morgan fingerprint density at radius 3 is 2.73 bits per heavy atom. The molecular weight excluding hydrogens is 218 g/mol. The minimum absolute atomic E-state index is 0.374. The van der Waals surface area contributed by atoms with Crippen molar-refractivity contribution in [1.29, 1.82) is 0 Å². The third-order valence-corrected chi connectivity index (χ3v) is 2.35. The van der Waals surface area contributed by atoms with Crippen LogP contribution in [0.5, 0.6) is 0 Å².